The quantitative estimate of drug-likeness (QED) is 0.0304. The number of unbranched alkanes of at least 4 members (excludes halogenated alkanes) is 4. The van der Waals surface area contributed by atoms with Gasteiger partial charge in [0.05, 0.1) is 46.1 Å². The summed E-state index contributed by atoms with van der Waals surface area (Å²) < 4.78 is 23.0. The molecule has 4 aromatic rings. The summed E-state index contributed by atoms with van der Waals surface area (Å²) in [6, 6.07) is 6.47. The first-order valence-electron chi connectivity index (χ1n) is 17.3. The molecule has 3 aromatic carbocycles. The highest BCUT2D eigenvalue weighted by atomic mass is 16.5. The van der Waals surface area contributed by atoms with Crippen molar-refractivity contribution in [3.8, 4) is 0 Å². The molecule has 13 heteroatoms. The molecule has 51 heavy (non-hydrogen) atoms. The Morgan fingerprint density at radius 1 is 0.647 bits per heavy atom. The Balaban J connectivity index is 1.50. The molecule has 0 atom stereocenters. The number of carbonyl (C=O) groups excluding carboxylic acids is 2. The minimum absolute atomic E-state index is 0.00157. The van der Waals surface area contributed by atoms with Crippen molar-refractivity contribution in [1.82, 2.24) is 4.57 Å². The van der Waals surface area contributed by atoms with Crippen LogP contribution in [0.2, 0.25) is 0 Å². The van der Waals surface area contributed by atoms with Gasteiger partial charge in [-0.3, -0.25) is 23.9 Å². The van der Waals surface area contributed by atoms with Crippen molar-refractivity contribution in [3.05, 3.63) is 85.9 Å². The average molecular weight is 703 g/mol. The number of nitrogens with zero attached hydrogens (tertiary/aromatic N) is 2. The van der Waals surface area contributed by atoms with Crippen LogP contribution in [0.1, 0.15) is 51.4 Å². The number of aromatic nitrogens is 1. The van der Waals surface area contributed by atoms with Crippen LogP contribution in [0.4, 0.5) is 11.4 Å². The van der Waals surface area contributed by atoms with Crippen LogP contribution in [0.25, 0.3) is 32.3 Å². The monoisotopic (exact) mass is 702 g/mol. The standard InChI is InChI=1S/C38H46N4O9/c1-3-27(43)50-23-11-5-9-19-48-21-13-17-41-37-31-32(38(47)42(37)18-14-22-49-20-10-6-12-24-51-28(44)4-2)34(40)30-29(33(31)39)35(45)25-15-7-8-16-26(25)36(30)46/h3-4,7-8,15-16H,1-2,5-6,9-14,17-24,39-40H2/b41-37+. The van der Waals surface area contributed by atoms with Crippen molar-refractivity contribution in [2.24, 2.45) is 4.99 Å². The van der Waals surface area contributed by atoms with E-state index in [4.69, 9.17) is 35.4 Å². The van der Waals surface area contributed by atoms with Crippen LogP contribution < -0.4 is 33.4 Å². The fourth-order valence-corrected chi connectivity index (χ4v) is 5.91. The van der Waals surface area contributed by atoms with Crippen LogP contribution in [-0.4, -0.2) is 62.7 Å². The summed E-state index contributed by atoms with van der Waals surface area (Å²) in [6.07, 6.45) is 8.00. The van der Waals surface area contributed by atoms with Crippen LogP contribution in [0.15, 0.2) is 69.0 Å². The number of hydrogen-bond acceptors (Lipinski definition) is 12. The number of esters is 2. The Morgan fingerprint density at radius 2 is 1.12 bits per heavy atom. The molecular formula is C38H46N4O9. The molecule has 0 saturated carbocycles. The molecule has 0 aliphatic rings. The maximum atomic E-state index is 13.9. The molecule has 0 bridgehead atoms. The highest BCUT2D eigenvalue weighted by Crippen LogP contribution is 2.31. The Morgan fingerprint density at radius 3 is 1.65 bits per heavy atom. The van der Waals surface area contributed by atoms with Crippen molar-refractivity contribution in [1.29, 1.82) is 0 Å². The van der Waals surface area contributed by atoms with Gasteiger partial charge in [0.2, 0.25) is 0 Å². The first-order chi connectivity index (χ1) is 24.7. The van der Waals surface area contributed by atoms with Crippen molar-refractivity contribution in [3.63, 3.8) is 0 Å². The van der Waals surface area contributed by atoms with Crippen LogP contribution >= 0.6 is 0 Å². The molecule has 13 nitrogen and oxygen atoms in total. The second kappa shape index (κ2) is 19.3. The molecule has 0 unspecified atom stereocenters. The fraction of sp³-hybridized carbons (Fsp3) is 0.421. The van der Waals surface area contributed by atoms with Crippen molar-refractivity contribution in [2.45, 2.75) is 57.9 Å². The normalized spacial score (nSPS) is 11.8. The molecule has 0 aliphatic heterocycles. The van der Waals surface area contributed by atoms with Gasteiger partial charge in [-0.25, -0.2) is 9.59 Å². The topological polar surface area (TPSA) is 192 Å². The second-order valence-corrected chi connectivity index (χ2v) is 12.0. The predicted octanol–water partition coefficient (Wildman–Crippen LogP) is 3.58. The van der Waals surface area contributed by atoms with Crippen molar-refractivity contribution >= 4 is 55.6 Å². The summed E-state index contributed by atoms with van der Waals surface area (Å²) in [5.41, 5.74) is 12.1. The number of benzene rings is 3. The number of fused-ring (bicyclic) bond motifs is 3. The largest absolute Gasteiger partial charge is 0.463 e. The molecule has 0 amide bonds. The van der Waals surface area contributed by atoms with Gasteiger partial charge in [-0.2, -0.15) is 0 Å². The molecule has 0 aliphatic carbocycles. The zero-order valence-corrected chi connectivity index (χ0v) is 28.9. The van der Waals surface area contributed by atoms with Gasteiger partial charge >= 0.3 is 11.9 Å². The first kappa shape index (κ1) is 38.7. The molecule has 1 heterocycles. The Hall–Kier alpha value is -5.14. The molecule has 0 spiro atoms. The number of hydrogen-bond donors (Lipinski definition) is 2. The SMILES string of the molecule is C=CC(=O)OCCCCCOCCC/N=c1\c2c(N)c3c(=O)c4ccccc4c(=O)c3c(N)c2c(=O)n1CCCOCCCCCOC(=O)C=C. The van der Waals surface area contributed by atoms with Gasteiger partial charge < -0.3 is 30.4 Å². The van der Waals surface area contributed by atoms with E-state index in [-0.39, 0.29) is 50.2 Å². The van der Waals surface area contributed by atoms with Gasteiger partial charge in [0.25, 0.3) is 5.56 Å². The molecule has 0 fully saturated rings. The third-order valence-corrected chi connectivity index (χ3v) is 8.45. The van der Waals surface area contributed by atoms with Gasteiger partial charge in [-0.1, -0.05) is 37.4 Å². The van der Waals surface area contributed by atoms with E-state index < -0.39 is 28.4 Å². The molecule has 4 rings (SSSR count). The number of rotatable bonds is 22. The van der Waals surface area contributed by atoms with E-state index in [2.05, 4.69) is 13.2 Å². The van der Waals surface area contributed by atoms with Gasteiger partial charge in [0.15, 0.2) is 10.9 Å². The van der Waals surface area contributed by atoms with E-state index in [1.165, 1.54) is 4.57 Å². The zero-order chi connectivity index (χ0) is 36.8. The van der Waals surface area contributed by atoms with E-state index >= 15 is 0 Å². The molecule has 0 radical (unpaired) electrons. The van der Waals surface area contributed by atoms with Crippen molar-refractivity contribution < 1.29 is 28.5 Å². The molecule has 272 valence electrons. The summed E-state index contributed by atoms with van der Waals surface area (Å²) in [4.78, 5) is 68.2. The van der Waals surface area contributed by atoms with E-state index in [1.54, 1.807) is 24.3 Å². The van der Waals surface area contributed by atoms with Crippen LogP contribution in [0, 0.1) is 0 Å². The molecule has 0 saturated heterocycles. The van der Waals surface area contributed by atoms with E-state index in [0.29, 0.717) is 70.9 Å². The van der Waals surface area contributed by atoms with Crippen molar-refractivity contribution in [2.75, 3.05) is 57.7 Å². The summed E-state index contributed by atoms with van der Waals surface area (Å²) in [5, 5.41) is 0.697. The lowest BCUT2D eigenvalue weighted by Gasteiger charge is -2.08. The number of nitrogen functional groups attached to an aromatic ring is 2. The minimum Gasteiger partial charge on any atom is -0.463 e. The molecular weight excluding hydrogens is 656 g/mol. The summed E-state index contributed by atoms with van der Waals surface area (Å²) in [6.45, 7) is 9.79. The summed E-state index contributed by atoms with van der Waals surface area (Å²) in [5.74, 6) is -0.878. The number of nitrogens with two attached hydrogens (primary N) is 2. The van der Waals surface area contributed by atoms with Gasteiger partial charge in [-0.15, -0.1) is 0 Å². The highest BCUT2D eigenvalue weighted by molar-refractivity contribution is 6.20. The van der Waals surface area contributed by atoms with Gasteiger partial charge in [0, 0.05) is 62.4 Å². The minimum atomic E-state index is -0.459. The Kier molecular flexibility index (Phi) is 14.6. The zero-order valence-electron chi connectivity index (χ0n) is 28.9. The lowest BCUT2D eigenvalue weighted by Crippen LogP contribution is -2.28. The molecule has 1 aromatic heterocycles. The summed E-state index contributed by atoms with van der Waals surface area (Å²) in [7, 11) is 0. The van der Waals surface area contributed by atoms with Crippen LogP contribution in [0.5, 0.6) is 0 Å². The van der Waals surface area contributed by atoms with E-state index in [1.807, 2.05) is 0 Å². The van der Waals surface area contributed by atoms with Gasteiger partial charge in [-0.05, 0) is 51.4 Å². The first-order valence-corrected chi connectivity index (χ1v) is 17.3. The predicted molar refractivity (Wildman–Crippen MR) is 198 cm³/mol. The van der Waals surface area contributed by atoms with Crippen LogP contribution in [-0.2, 0) is 35.1 Å². The smallest absolute Gasteiger partial charge is 0.330 e. The third-order valence-electron chi connectivity index (χ3n) is 8.45. The molecule has 4 N–H and O–H groups in total. The highest BCUT2D eigenvalue weighted by Gasteiger charge is 2.24. The third kappa shape index (κ3) is 9.56. The second-order valence-electron chi connectivity index (χ2n) is 12.0. The fourth-order valence-electron chi connectivity index (χ4n) is 5.91. The Labute approximate surface area is 294 Å². The lowest BCUT2D eigenvalue weighted by molar-refractivity contribution is -0.138. The number of carbonyl (C=O) groups is 2. The van der Waals surface area contributed by atoms with E-state index in [9.17, 15) is 24.0 Å². The summed E-state index contributed by atoms with van der Waals surface area (Å²) >= 11 is 0. The average Bonchev–Trinajstić information content (AvgIpc) is 3.42. The van der Waals surface area contributed by atoms with Crippen LogP contribution in [0.3, 0.4) is 0 Å². The maximum absolute atomic E-state index is 13.9. The number of anilines is 2. The number of ether oxygens (including phenoxy) is 4. The van der Waals surface area contributed by atoms with Gasteiger partial charge in [0.1, 0.15) is 5.49 Å². The van der Waals surface area contributed by atoms with E-state index in [0.717, 1.165) is 44.3 Å². The maximum Gasteiger partial charge on any atom is 0.330 e. The Bertz CT molecular complexity index is 2090. The lowest BCUT2D eigenvalue weighted by atomic mass is 9.96.